The lowest BCUT2D eigenvalue weighted by Crippen LogP contribution is -2.06. The van der Waals surface area contributed by atoms with Crippen molar-refractivity contribution in [3.63, 3.8) is 0 Å². The molecule has 0 fully saturated rings. The van der Waals surface area contributed by atoms with Crippen LogP contribution in [0.3, 0.4) is 0 Å². The molecule has 4 heteroatoms. The Kier molecular flexibility index (Phi) is 11.2. The smallest absolute Gasteiger partial charge is 0.302 e. The van der Waals surface area contributed by atoms with Crippen LogP contribution in [0, 0.1) is 0 Å². The monoisotopic (exact) mass is 175 g/mol. The number of carbonyl (C=O) groups excluding carboxylic acids is 2. The van der Waals surface area contributed by atoms with Crippen LogP contribution in [-0.2, 0) is 14.3 Å². The van der Waals surface area contributed by atoms with Gasteiger partial charge in [-0.25, -0.2) is 0 Å². The summed E-state index contributed by atoms with van der Waals surface area (Å²) < 4.78 is 4.55. The minimum absolute atomic E-state index is 0.193. The van der Waals surface area contributed by atoms with Gasteiger partial charge in [0.25, 0.3) is 0 Å². The van der Waals surface area contributed by atoms with Gasteiger partial charge < -0.3 is 9.64 Å². The highest BCUT2D eigenvalue weighted by Gasteiger charge is 1.85. The Morgan fingerprint density at radius 2 is 1.92 bits per heavy atom. The maximum atomic E-state index is 9.98. The zero-order chi connectivity index (χ0) is 9.98. The lowest BCUT2D eigenvalue weighted by molar-refractivity contribution is -0.140. The molecule has 0 aromatic rings. The maximum Gasteiger partial charge on any atom is 0.302 e. The van der Waals surface area contributed by atoms with Crippen molar-refractivity contribution in [2.75, 3.05) is 20.7 Å². The van der Waals surface area contributed by atoms with Crippen LogP contribution < -0.4 is 0 Å². The van der Waals surface area contributed by atoms with E-state index < -0.39 is 0 Å². The Labute approximate surface area is 73.5 Å². The molecule has 0 saturated heterocycles. The van der Waals surface area contributed by atoms with Gasteiger partial charge in [-0.15, -0.1) is 0 Å². The highest BCUT2D eigenvalue weighted by molar-refractivity contribution is 5.65. The normalized spacial score (nSPS) is 7.67. The van der Waals surface area contributed by atoms with Gasteiger partial charge in [0.1, 0.15) is 0 Å². The molecule has 0 saturated carbocycles. The molecule has 0 N–H and O–H groups in total. The van der Waals surface area contributed by atoms with Crippen molar-refractivity contribution in [1.29, 1.82) is 0 Å². The first-order chi connectivity index (χ1) is 5.54. The van der Waals surface area contributed by atoms with Crippen molar-refractivity contribution >= 4 is 12.4 Å². The van der Waals surface area contributed by atoms with E-state index in [1.807, 2.05) is 6.92 Å². The van der Waals surface area contributed by atoms with Crippen molar-refractivity contribution < 1.29 is 14.3 Å². The second-order valence-corrected chi connectivity index (χ2v) is 2.41. The molecule has 0 aliphatic heterocycles. The predicted molar refractivity (Wildman–Crippen MR) is 46.7 cm³/mol. The van der Waals surface area contributed by atoms with E-state index in [2.05, 4.69) is 4.74 Å². The number of carbonyl (C=O) groups is 2. The van der Waals surface area contributed by atoms with E-state index in [-0.39, 0.29) is 5.97 Å². The highest BCUT2D eigenvalue weighted by Crippen LogP contribution is 1.78. The number of nitrogens with zero attached hydrogens (tertiary/aromatic N) is 1. The maximum absolute atomic E-state index is 9.98. The van der Waals surface area contributed by atoms with Crippen molar-refractivity contribution in [2.24, 2.45) is 0 Å². The van der Waals surface area contributed by atoms with Gasteiger partial charge in [0.15, 0.2) is 0 Å². The summed E-state index contributed by atoms with van der Waals surface area (Å²) in [5.74, 6) is -0.193. The molecule has 0 radical (unpaired) electrons. The summed E-state index contributed by atoms with van der Waals surface area (Å²) >= 11 is 0. The number of ether oxygens (including phenoxy) is 1. The Morgan fingerprint density at radius 1 is 1.50 bits per heavy atom. The highest BCUT2D eigenvalue weighted by atomic mass is 16.5. The Balaban J connectivity index is 0. The second-order valence-electron chi connectivity index (χ2n) is 2.41. The summed E-state index contributed by atoms with van der Waals surface area (Å²) in [6.45, 7) is 3.92. The van der Waals surface area contributed by atoms with E-state index in [1.54, 1.807) is 14.1 Å². The first-order valence-electron chi connectivity index (χ1n) is 3.79. The van der Waals surface area contributed by atoms with Crippen LogP contribution in [0.4, 0.5) is 0 Å². The number of amides is 1. The zero-order valence-electron chi connectivity index (χ0n) is 8.16. The van der Waals surface area contributed by atoms with Crippen molar-refractivity contribution in [3.8, 4) is 0 Å². The van der Waals surface area contributed by atoms with Crippen LogP contribution in [0.5, 0.6) is 0 Å². The molecule has 0 rings (SSSR count). The molecule has 1 amide bonds. The van der Waals surface area contributed by atoms with Crippen molar-refractivity contribution in [3.05, 3.63) is 0 Å². The van der Waals surface area contributed by atoms with Gasteiger partial charge in [-0.3, -0.25) is 9.59 Å². The van der Waals surface area contributed by atoms with Gasteiger partial charge in [-0.1, -0.05) is 6.92 Å². The summed E-state index contributed by atoms with van der Waals surface area (Å²) in [7, 11) is 3.38. The van der Waals surface area contributed by atoms with Crippen LogP contribution in [0.1, 0.15) is 20.3 Å². The molecule has 72 valence electrons. The fourth-order valence-electron chi connectivity index (χ4n) is 0.246. The first kappa shape index (κ1) is 13.5. The average Bonchev–Trinajstić information content (AvgIpc) is 2.02. The predicted octanol–water partition coefficient (Wildman–Crippen LogP) is 0.664. The SMILES string of the molecule is CCCOC(C)=O.CN(C)C=O. The van der Waals surface area contributed by atoms with Gasteiger partial charge >= 0.3 is 5.97 Å². The van der Waals surface area contributed by atoms with Gasteiger partial charge in [-0.05, 0) is 6.42 Å². The van der Waals surface area contributed by atoms with Crippen molar-refractivity contribution in [2.45, 2.75) is 20.3 Å². The third kappa shape index (κ3) is 23.1. The molecule has 0 aromatic carbocycles. The number of hydrogen-bond acceptors (Lipinski definition) is 3. The Hall–Kier alpha value is -1.06. The number of esters is 1. The van der Waals surface area contributed by atoms with Crippen LogP contribution in [-0.4, -0.2) is 38.0 Å². The van der Waals surface area contributed by atoms with E-state index in [1.165, 1.54) is 11.8 Å². The molecule has 0 aliphatic rings. The van der Waals surface area contributed by atoms with Gasteiger partial charge in [0.2, 0.25) is 6.41 Å². The first-order valence-corrected chi connectivity index (χ1v) is 3.79. The van der Waals surface area contributed by atoms with E-state index in [0.29, 0.717) is 6.61 Å². The van der Waals surface area contributed by atoms with Gasteiger partial charge in [0, 0.05) is 21.0 Å². The summed E-state index contributed by atoms with van der Waals surface area (Å²) in [6.07, 6.45) is 1.65. The summed E-state index contributed by atoms with van der Waals surface area (Å²) in [5, 5.41) is 0. The van der Waals surface area contributed by atoms with E-state index in [4.69, 9.17) is 0 Å². The average molecular weight is 175 g/mol. The quantitative estimate of drug-likeness (QED) is 0.467. The standard InChI is InChI=1S/C5H10O2.C3H7NO/c1-3-4-7-5(2)6;1-4(2)3-5/h3-4H2,1-2H3;3H,1-2H3. The molecule has 12 heavy (non-hydrogen) atoms. The second kappa shape index (κ2) is 9.94. The third-order valence-electron chi connectivity index (χ3n) is 0.720. The summed E-state index contributed by atoms with van der Waals surface area (Å²) in [5.41, 5.74) is 0. The van der Waals surface area contributed by atoms with Gasteiger partial charge in [0.05, 0.1) is 6.61 Å². The van der Waals surface area contributed by atoms with Gasteiger partial charge in [-0.2, -0.15) is 0 Å². The Bertz CT molecular complexity index is 123. The lowest BCUT2D eigenvalue weighted by Gasteiger charge is -1.93. The number of rotatable bonds is 3. The fraction of sp³-hybridized carbons (Fsp3) is 0.750. The van der Waals surface area contributed by atoms with E-state index >= 15 is 0 Å². The summed E-state index contributed by atoms with van der Waals surface area (Å²) in [4.78, 5) is 20.9. The van der Waals surface area contributed by atoms with Crippen LogP contribution in [0.2, 0.25) is 0 Å². The van der Waals surface area contributed by atoms with Crippen LogP contribution in [0.15, 0.2) is 0 Å². The molecule has 0 unspecified atom stereocenters. The van der Waals surface area contributed by atoms with E-state index in [9.17, 15) is 9.59 Å². The minimum atomic E-state index is -0.193. The summed E-state index contributed by atoms with van der Waals surface area (Å²) in [6, 6.07) is 0. The molecular weight excluding hydrogens is 158 g/mol. The molecular formula is C8H17NO3. The fourth-order valence-corrected chi connectivity index (χ4v) is 0.246. The zero-order valence-corrected chi connectivity index (χ0v) is 8.16. The van der Waals surface area contributed by atoms with Crippen LogP contribution >= 0.6 is 0 Å². The van der Waals surface area contributed by atoms with Crippen molar-refractivity contribution in [1.82, 2.24) is 4.90 Å². The molecule has 0 heterocycles. The van der Waals surface area contributed by atoms with Crippen LogP contribution in [0.25, 0.3) is 0 Å². The third-order valence-corrected chi connectivity index (χ3v) is 0.720. The lowest BCUT2D eigenvalue weighted by atomic mass is 10.5. The molecule has 0 atom stereocenters. The molecule has 0 aromatic heterocycles. The molecule has 0 aliphatic carbocycles. The molecule has 0 spiro atoms. The Morgan fingerprint density at radius 3 is 2.00 bits per heavy atom. The van der Waals surface area contributed by atoms with E-state index in [0.717, 1.165) is 12.8 Å². The number of hydrogen-bond donors (Lipinski definition) is 0. The molecule has 4 nitrogen and oxygen atoms in total. The minimum Gasteiger partial charge on any atom is -0.466 e. The topological polar surface area (TPSA) is 46.6 Å². The molecule has 0 bridgehead atoms. The largest absolute Gasteiger partial charge is 0.466 e.